The highest BCUT2D eigenvalue weighted by molar-refractivity contribution is 6.05. The molecule has 5 rings (SSSR count). The van der Waals surface area contributed by atoms with Crippen LogP contribution in [0.3, 0.4) is 0 Å². The first-order valence-corrected chi connectivity index (χ1v) is 23.6. The van der Waals surface area contributed by atoms with Crippen LogP contribution < -0.4 is 0 Å². The lowest BCUT2D eigenvalue weighted by atomic mass is 9.59. The lowest BCUT2D eigenvalue weighted by molar-refractivity contribution is -0.215. The Kier molecular flexibility index (Phi) is 16.0. The summed E-state index contributed by atoms with van der Waals surface area (Å²) in [5.41, 5.74) is -6.73. The van der Waals surface area contributed by atoms with Crippen molar-refractivity contribution in [3.05, 3.63) is 11.6 Å². The number of Topliss-reactive ketones (excluding diaryl/α,β-unsaturated/α-hetero) is 1. The fourth-order valence-electron chi connectivity index (χ4n) is 11.8. The van der Waals surface area contributed by atoms with E-state index in [0.29, 0.717) is 19.3 Å². The van der Waals surface area contributed by atoms with Gasteiger partial charge in [0, 0.05) is 36.0 Å². The lowest BCUT2D eigenvalue weighted by Crippen LogP contribution is -2.65. The van der Waals surface area contributed by atoms with E-state index in [1.807, 2.05) is 6.92 Å². The van der Waals surface area contributed by atoms with E-state index in [1.165, 1.54) is 96.3 Å². The number of rotatable bonds is 27. The second-order valence-corrected chi connectivity index (χ2v) is 19.7. The molecule has 5 aliphatic rings. The van der Waals surface area contributed by atoms with Crippen molar-refractivity contribution in [1.29, 1.82) is 0 Å². The Hall–Kier alpha value is -1.81. The third-order valence-corrected chi connectivity index (χ3v) is 15.4. The number of fused-ring (bicyclic) bond motifs is 7. The molecular formula is C48H80O9. The number of hydrogen-bond acceptors (Lipinski definition) is 9. The Morgan fingerprint density at radius 1 is 0.754 bits per heavy atom. The van der Waals surface area contributed by atoms with E-state index in [-0.39, 0.29) is 30.5 Å². The van der Waals surface area contributed by atoms with Gasteiger partial charge in [-0.25, -0.2) is 0 Å². The molecule has 0 aromatic heterocycles. The van der Waals surface area contributed by atoms with Crippen LogP contribution in [0.1, 0.15) is 202 Å². The van der Waals surface area contributed by atoms with Crippen molar-refractivity contribution in [2.75, 3.05) is 6.61 Å². The van der Waals surface area contributed by atoms with Crippen LogP contribution in [0.25, 0.3) is 0 Å². The van der Waals surface area contributed by atoms with Crippen LogP contribution in [0.2, 0.25) is 0 Å². The molecule has 9 nitrogen and oxygen atoms in total. The van der Waals surface area contributed by atoms with E-state index >= 15 is 0 Å². The number of epoxide rings is 1. The normalized spacial score (nSPS) is 35.7. The first-order chi connectivity index (χ1) is 27.2. The molecule has 0 bridgehead atoms. The highest BCUT2D eigenvalue weighted by Crippen LogP contribution is 2.79. The standard InChI is InChI=1S/C48H80O9/c1-7-9-11-13-15-17-18-19-20-22-24-26-28-30-38(50)56-46-32-35(4)47(53)36-31-34(3)41(51)48(36,54)43(52)45(42(57-45)39(47)40(46)44(46,5)6)33-55-37(49)29-27-25-23-21-16-14-12-10-8-2/h31,35-36,39-40,42-43,52-54H,7-30,32-33H2,1-6H3. The SMILES string of the molecule is CCCCCCCCCCCCCCCC(=O)OC12CC(C)C3(O)C(C4OC4(COC(=O)CCCCCCCCCCC)C(O)C4(O)C(=O)C(C)=CC43)C1C2(C)C. The largest absolute Gasteiger partial charge is 0.462 e. The molecule has 326 valence electrons. The van der Waals surface area contributed by atoms with E-state index < -0.39 is 69.5 Å². The molecule has 3 N–H and O–H groups in total. The van der Waals surface area contributed by atoms with Gasteiger partial charge in [0.1, 0.15) is 18.3 Å². The number of hydrogen-bond donors (Lipinski definition) is 3. The van der Waals surface area contributed by atoms with Gasteiger partial charge in [0.05, 0.1) is 11.7 Å². The van der Waals surface area contributed by atoms with Crippen molar-refractivity contribution < 1.29 is 43.9 Å². The molecule has 0 spiro atoms. The summed E-state index contributed by atoms with van der Waals surface area (Å²) in [4.78, 5) is 40.4. The van der Waals surface area contributed by atoms with Crippen LogP contribution in [-0.4, -0.2) is 74.3 Å². The number of aliphatic hydroxyl groups is 3. The van der Waals surface area contributed by atoms with Crippen LogP contribution in [-0.2, 0) is 28.6 Å². The number of unbranched alkanes of at least 4 members (excludes halogenated alkanes) is 20. The highest BCUT2D eigenvalue weighted by atomic mass is 16.7. The summed E-state index contributed by atoms with van der Waals surface area (Å²) >= 11 is 0. The molecule has 10 unspecified atom stereocenters. The van der Waals surface area contributed by atoms with Crippen LogP contribution in [0, 0.1) is 29.1 Å². The Bertz CT molecular complexity index is 1390. The fraction of sp³-hybridized carbons (Fsp3) is 0.896. The molecular weight excluding hydrogens is 721 g/mol. The molecule has 0 aromatic carbocycles. The smallest absolute Gasteiger partial charge is 0.306 e. The molecule has 4 aliphatic carbocycles. The van der Waals surface area contributed by atoms with Gasteiger partial charge in [0.2, 0.25) is 0 Å². The maximum absolute atomic E-state index is 13.8. The molecule has 9 heteroatoms. The van der Waals surface area contributed by atoms with Crippen molar-refractivity contribution in [2.24, 2.45) is 29.1 Å². The van der Waals surface area contributed by atoms with Gasteiger partial charge in [-0.15, -0.1) is 0 Å². The molecule has 1 saturated heterocycles. The van der Waals surface area contributed by atoms with Crippen LogP contribution in [0.5, 0.6) is 0 Å². The van der Waals surface area contributed by atoms with E-state index in [4.69, 9.17) is 14.2 Å². The molecule has 4 fully saturated rings. The van der Waals surface area contributed by atoms with Gasteiger partial charge in [0.15, 0.2) is 17.0 Å². The lowest BCUT2D eigenvalue weighted by Gasteiger charge is -2.51. The molecule has 1 heterocycles. The van der Waals surface area contributed by atoms with Crippen LogP contribution in [0.15, 0.2) is 11.6 Å². The zero-order valence-corrected chi connectivity index (χ0v) is 36.7. The van der Waals surface area contributed by atoms with Gasteiger partial charge in [-0.05, 0) is 37.7 Å². The number of ether oxygens (including phenoxy) is 3. The van der Waals surface area contributed by atoms with Gasteiger partial charge >= 0.3 is 11.9 Å². The monoisotopic (exact) mass is 801 g/mol. The van der Waals surface area contributed by atoms with E-state index in [0.717, 1.165) is 38.5 Å². The molecule has 10 atom stereocenters. The van der Waals surface area contributed by atoms with Gasteiger partial charge in [-0.3, -0.25) is 14.4 Å². The molecule has 57 heavy (non-hydrogen) atoms. The average Bonchev–Trinajstić information content (AvgIpc) is 3.99. The fourth-order valence-corrected chi connectivity index (χ4v) is 11.8. The molecule has 0 amide bonds. The van der Waals surface area contributed by atoms with Gasteiger partial charge < -0.3 is 29.5 Å². The Morgan fingerprint density at radius 3 is 1.70 bits per heavy atom. The summed E-state index contributed by atoms with van der Waals surface area (Å²) in [5, 5.41) is 37.3. The minimum absolute atomic E-state index is 0.234. The number of aliphatic hydroxyl groups excluding tert-OH is 1. The summed E-state index contributed by atoms with van der Waals surface area (Å²) < 4.78 is 18.7. The van der Waals surface area contributed by atoms with Crippen molar-refractivity contribution in [3.8, 4) is 0 Å². The van der Waals surface area contributed by atoms with Crippen molar-refractivity contribution >= 4 is 17.7 Å². The summed E-state index contributed by atoms with van der Waals surface area (Å²) in [6.45, 7) is 11.7. The Balaban J connectivity index is 1.18. The van der Waals surface area contributed by atoms with Crippen LogP contribution in [0.4, 0.5) is 0 Å². The van der Waals surface area contributed by atoms with E-state index in [9.17, 15) is 29.7 Å². The molecule has 0 radical (unpaired) electrons. The number of esters is 2. The minimum atomic E-state index is -2.36. The zero-order chi connectivity index (χ0) is 41.5. The Morgan fingerprint density at radius 2 is 1.21 bits per heavy atom. The van der Waals surface area contributed by atoms with Gasteiger partial charge in [-0.1, -0.05) is 169 Å². The molecule has 3 saturated carbocycles. The van der Waals surface area contributed by atoms with Crippen molar-refractivity contribution in [3.63, 3.8) is 0 Å². The third-order valence-electron chi connectivity index (χ3n) is 15.4. The summed E-state index contributed by atoms with van der Waals surface area (Å²) in [6.07, 6.45) is 26.0. The van der Waals surface area contributed by atoms with Crippen molar-refractivity contribution in [1.82, 2.24) is 0 Å². The number of ketones is 1. The number of carbonyl (C=O) groups excluding carboxylic acids is 3. The Labute approximate surface area is 344 Å². The van der Waals surface area contributed by atoms with E-state index in [1.54, 1.807) is 13.0 Å². The second kappa shape index (κ2) is 19.7. The summed E-state index contributed by atoms with van der Waals surface area (Å²) in [5.74, 6) is -3.97. The first kappa shape index (κ1) is 46.3. The maximum Gasteiger partial charge on any atom is 0.306 e. The predicted octanol–water partition coefficient (Wildman–Crippen LogP) is 9.65. The van der Waals surface area contributed by atoms with Crippen LogP contribution >= 0.6 is 0 Å². The highest BCUT2D eigenvalue weighted by Gasteiger charge is 2.90. The summed E-state index contributed by atoms with van der Waals surface area (Å²) in [6, 6.07) is 0. The zero-order valence-electron chi connectivity index (χ0n) is 36.7. The predicted molar refractivity (Wildman–Crippen MR) is 222 cm³/mol. The average molecular weight is 801 g/mol. The van der Waals surface area contributed by atoms with Gasteiger partial charge in [-0.2, -0.15) is 0 Å². The third kappa shape index (κ3) is 9.27. The minimum Gasteiger partial charge on any atom is -0.462 e. The molecule has 0 aromatic rings. The number of carbonyl (C=O) groups is 3. The second-order valence-electron chi connectivity index (χ2n) is 19.7. The van der Waals surface area contributed by atoms with Crippen molar-refractivity contribution in [2.45, 2.75) is 237 Å². The summed E-state index contributed by atoms with van der Waals surface area (Å²) in [7, 11) is 0. The maximum atomic E-state index is 13.8. The quantitative estimate of drug-likeness (QED) is 0.0421. The molecule has 1 aliphatic heterocycles. The van der Waals surface area contributed by atoms with E-state index in [2.05, 4.69) is 27.7 Å². The van der Waals surface area contributed by atoms with Gasteiger partial charge in [0.25, 0.3) is 0 Å². The topological polar surface area (TPSA) is 143 Å². The first-order valence-electron chi connectivity index (χ1n) is 23.6.